The molecular weight excluding hydrogens is 318 g/mol. The number of fused-ring (bicyclic) bond motifs is 1. The van der Waals surface area contributed by atoms with Crippen LogP contribution in [0.3, 0.4) is 0 Å². The maximum absolute atomic E-state index is 12.4. The topological polar surface area (TPSA) is 56.8 Å². The first-order valence-electron chi connectivity index (χ1n) is 8.44. The van der Waals surface area contributed by atoms with Crippen LogP contribution >= 0.6 is 0 Å². The SMILES string of the molecule is COc1ccc(OCCNC(=O)c2cccc3c2OC(C)C3C)cc1. The third-order valence-electron chi connectivity index (χ3n) is 4.50. The van der Waals surface area contributed by atoms with Gasteiger partial charge in [-0.15, -0.1) is 0 Å². The Hall–Kier alpha value is -2.69. The summed E-state index contributed by atoms with van der Waals surface area (Å²) in [6, 6.07) is 13.1. The van der Waals surface area contributed by atoms with Crippen LogP contribution in [-0.2, 0) is 0 Å². The Morgan fingerprint density at radius 2 is 1.84 bits per heavy atom. The van der Waals surface area contributed by atoms with Gasteiger partial charge in [-0.05, 0) is 37.3 Å². The molecule has 5 nitrogen and oxygen atoms in total. The number of nitrogens with one attached hydrogen (secondary N) is 1. The van der Waals surface area contributed by atoms with Crippen molar-refractivity contribution >= 4 is 5.91 Å². The van der Waals surface area contributed by atoms with E-state index in [0.717, 1.165) is 17.1 Å². The molecule has 3 rings (SSSR count). The smallest absolute Gasteiger partial charge is 0.255 e. The van der Waals surface area contributed by atoms with Crippen LogP contribution in [0.15, 0.2) is 42.5 Å². The molecule has 0 aromatic heterocycles. The second-order valence-corrected chi connectivity index (χ2v) is 6.12. The molecular formula is C20H23NO4. The minimum atomic E-state index is -0.142. The van der Waals surface area contributed by atoms with Crippen LogP contribution in [0.1, 0.15) is 35.7 Å². The lowest BCUT2D eigenvalue weighted by Crippen LogP contribution is -2.28. The number of rotatable bonds is 6. The first-order valence-corrected chi connectivity index (χ1v) is 8.44. The van der Waals surface area contributed by atoms with Crippen LogP contribution < -0.4 is 19.5 Å². The van der Waals surface area contributed by atoms with E-state index >= 15 is 0 Å². The van der Waals surface area contributed by atoms with Gasteiger partial charge in [-0.3, -0.25) is 4.79 Å². The number of ether oxygens (including phenoxy) is 3. The number of carbonyl (C=O) groups excluding carboxylic acids is 1. The minimum Gasteiger partial charge on any atom is -0.497 e. The first-order chi connectivity index (χ1) is 12.1. The molecule has 0 spiro atoms. The van der Waals surface area contributed by atoms with E-state index in [-0.39, 0.29) is 12.0 Å². The largest absolute Gasteiger partial charge is 0.497 e. The van der Waals surface area contributed by atoms with Gasteiger partial charge in [0, 0.05) is 11.5 Å². The minimum absolute atomic E-state index is 0.0855. The van der Waals surface area contributed by atoms with Crippen molar-refractivity contribution in [3.8, 4) is 17.2 Å². The predicted molar refractivity (Wildman–Crippen MR) is 95.8 cm³/mol. The van der Waals surface area contributed by atoms with Crippen LogP contribution in [0, 0.1) is 0 Å². The molecule has 0 saturated carbocycles. The quantitative estimate of drug-likeness (QED) is 0.818. The van der Waals surface area contributed by atoms with Gasteiger partial charge in [0.05, 0.1) is 19.2 Å². The molecule has 2 aromatic carbocycles. The number of hydrogen-bond donors (Lipinski definition) is 1. The van der Waals surface area contributed by atoms with E-state index in [0.29, 0.717) is 30.4 Å². The number of amides is 1. The van der Waals surface area contributed by atoms with Crippen LogP contribution in [0.5, 0.6) is 17.2 Å². The van der Waals surface area contributed by atoms with Crippen LogP contribution in [0.4, 0.5) is 0 Å². The lowest BCUT2D eigenvalue weighted by molar-refractivity contribution is 0.0942. The highest BCUT2D eigenvalue weighted by molar-refractivity contribution is 5.97. The van der Waals surface area contributed by atoms with Gasteiger partial charge in [-0.1, -0.05) is 19.1 Å². The fourth-order valence-corrected chi connectivity index (χ4v) is 2.87. The van der Waals surface area contributed by atoms with Crippen molar-refractivity contribution in [2.75, 3.05) is 20.3 Å². The molecule has 0 fully saturated rings. The Bertz CT molecular complexity index is 742. The van der Waals surface area contributed by atoms with Crippen molar-refractivity contribution in [1.29, 1.82) is 0 Å². The summed E-state index contributed by atoms with van der Waals surface area (Å²) in [6.45, 7) is 4.94. The van der Waals surface area contributed by atoms with Crippen molar-refractivity contribution in [2.45, 2.75) is 25.9 Å². The van der Waals surface area contributed by atoms with Crippen molar-refractivity contribution in [1.82, 2.24) is 5.32 Å². The summed E-state index contributed by atoms with van der Waals surface area (Å²) in [5, 5.41) is 2.88. The average Bonchev–Trinajstić information content (AvgIpc) is 2.93. The third-order valence-corrected chi connectivity index (χ3v) is 4.50. The van der Waals surface area contributed by atoms with Crippen LogP contribution in [0.2, 0.25) is 0 Å². The molecule has 0 aliphatic carbocycles. The fourth-order valence-electron chi connectivity index (χ4n) is 2.87. The summed E-state index contributed by atoms with van der Waals surface area (Å²) in [6.07, 6.45) is 0.0855. The van der Waals surface area contributed by atoms with E-state index in [4.69, 9.17) is 14.2 Å². The van der Waals surface area contributed by atoms with E-state index in [1.165, 1.54) is 0 Å². The van der Waals surface area contributed by atoms with Crippen LogP contribution in [0.25, 0.3) is 0 Å². The van der Waals surface area contributed by atoms with Crippen molar-refractivity contribution < 1.29 is 19.0 Å². The zero-order chi connectivity index (χ0) is 17.8. The monoisotopic (exact) mass is 341 g/mol. The van der Waals surface area contributed by atoms with Gasteiger partial charge in [0.1, 0.15) is 30.0 Å². The Kier molecular flexibility index (Phi) is 5.12. The molecule has 1 aliphatic heterocycles. The Balaban J connectivity index is 1.53. The lowest BCUT2D eigenvalue weighted by atomic mass is 9.97. The zero-order valence-corrected chi connectivity index (χ0v) is 14.7. The Morgan fingerprint density at radius 1 is 1.12 bits per heavy atom. The van der Waals surface area contributed by atoms with Gasteiger partial charge in [0.2, 0.25) is 0 Å². The molecule has 0 saturated heterocycles. The highest BCUT2D eigenvalue weighted by Crippen LogP contribution is 2.40. The summed E-state index contributed by atoms with van der Waals surface area (Å²) in [4.78, 5) is 12.4. The van der Waals surface area contributed by atoms with E-state index in [1.54, 1.807) is 13.2 Å². The van der Waals surface area contributed by atoms with Crippen molar-refractivity contribution in [2.24, 2.45) is 0 Å². The van der Waals surface area contributed by atoms with Gasteiger partial charge in [-0.25, -0.2) is 0 Å². The molecule has 1 aliphatic rings. The summed E-state index contributed by atoms with van der Waals surface area (Å²) < 4.78 is 16.6. The van der Waals surface area contributed by atoms with Crippen molar-refractivity contribution in [3.05, 3.63) is 53.6 Å². The molecule has 2 aromatic rings. The molecule has 5 heteroatoms. The normalized spacial score (nSPS) is 18.2. The summed E-state index contributed by atoms with van der Waals surface area (Å²) >= 11 is 0. The molecule has 132 valence electrons. The summed E-state index contributed by atoms with van der Waals surface area (Å²) in [7, 11) is 1.62. The number of hydrogen-bond acceptors (Lipinski definition) is 4. The molecule has 1 N–H and O–H groups in total. The summed E-state index contributed by atoms with van der Waals surface area (Å²) in [5.41, 5.74) is 1.67. The van der Waals surface area contributed by atoms with Crippen LogP contribution in [-0.4, -0.2) is 32.3 Å². The standard InChI is InChI=1S/C20H23NO4/c1-13-14(2)25-19-17(13)5-4-6-18(19)20(22)21-11-12-24-16-9-7-15(23-3)8-10-16/h4-10,13-14H,11-12H2,1-3H3,(H,21,22). The maximum atomic E-state index is 12.4. The van der Waals surface area contributed by atoms with Crippen molar-refractivity contribution in [3.63, 3.8) is 0 Å². The molecule has 1 amide bonds. The number of para-hydroxylation sites is 1. The highest BCUT2D eigenvalue weighted by Gasteiger charge is 2.30. The van der Waals surface area contributed by atoms with Gasteiger partial charge in [0.15, 0.2) is 0 Å². The van der Waals surface area contributed by atoms with E-state index in [1.807, 2.05) is 43.3 Å². The molecule has 1 heterocycles. The Labute approximate surface area is 147 Å². The molecule has 2 atom stereocenters. The third kappa shape index (κ3) is 3.71. The lowest BCUT2D eigenvalue weighted by Gasteiger charge is -2.11. The van der Waals surface area contributed by atoms with Gasteiger partial charge >= 0.3 is 0 Å². The Morgan fingerprint density at radius 3 is 2.56 bits per heavy atom. The van der Waals surface area contributed by atoms with Gasteiger partial charge in [0.25, 0.3) is 5.91 Å². The molecule has 25 heavy (non-hydrogen) atoms. The predicted octanol–water partition coefficient (Wildman–Crippen LogP) is 3.39. The average molecular weight is 341 g/mol. The number of methoxy groups -OCH3 is 1. The number of benzene rings is 2. The fraction of sp³-hybridized carbons (Fsp3) is 0.350. The van der Waals surface area contributed by atoms with E-state index < -0.39 is 0 Å². The summed E-state index contributed by atoms with van der Waals surface area (Å²) in [5.74, 6) is 2.37. The molecule has 2 unspecified atom stereocenters. The second kappa shape index (κ2) is 7.47. The zero-order valence-electron chi connectivity index (χ0n) is 14.7. The maximum Gasteiger partial charge on any atom is 0.255 e. The molecule has 0 radical (unpaired) electrons. The van der Waals surface area contributed by atoms with E-state index in [9.17, 15) is 4.79 Å². The molecule has 0 bridgehead atoms. The van der Waals surface area contributed by atoms with Gasteiger partial charge < -0.3 is 19.5 Å². The number of carbonyl (C=O) groups is 1. The highest BCUT2D eigenvalue weighted by atomic mass is 16.5. The van der Waals surface area contributed by atoms with Gasteiger partial charge in [-0.2, -0.15) is 0 Å². The first kappa shape index (κ1) is 17.1. The van der Waals surface area contributed by atoms with E-state index in [2.05, 4.69) is 12.2 Å². The second-order valence-electron chi connectivity index (χ2n) is 6.12.